The Morgan fingerprint density at radius 3 is 2.20 bits per heavy atom. The standard InChI is InChI=1S/C45H61F4N7O3/c1-3-4-5-6-7-8-9-10-11-12-13-14-15-16-38(57)59-32-55-26-22-37-40(52-31-53-42(37)55)33-17-18-34(27-33)44(28-50-2)29-56(30-44)35-20-24-54(25-21-35)43(58)36-19-23-51-41(39(36)46)45(47,48)49/h19,22-23,26,31,33-35H,3-18,20-21,24-25,27-30,32H2,1H3. The van der Waals surface area contributed by atoms with E-state index in [1.165, 1.54) is 69.1 Å². The molecule has 0 N–H and O–H groups in total. The molecule has 2 saturated heterocycles. The number of nitrogens with zero attached hydrogens (tertiary/aromatic N) is 7. The van der Waals surface area contributed by atoms with Crippen LogP contribution >= 0.6 is 0 Å². The minimum Gasteiger partial charge on any atom is -0.444 e. The van der Waals surface area contributed by atoms with E-state index in [0.717, 1.165) is 80.6 Å². The van der Waals surface area contributed by atoms with E-state index in [0.29, 0.717) is 44.8 Å². The second-order valence-corrected chi connectivity index (χ2v) is 17.3. The number of rotatable bonds is 21. The van der Waals surface area contributed by atoms with Gasteiger partial charge in [0.05, 0.1) is 16.7 Å². The second-order valence-electron chi connectivity index (χ2n) is 17.3. The van der Waals surface area contributed by atoms with E-state index in [4.69, 9.17) is 16.3 Å². The van der Waals surface area contributed by atoms with Gasteiger partial charge in [-0.25, -0.2) is 25.9 Å². The Bertz CT molecular complexity index is 1880. The third kappa shape index (κ3) is 11.2. The molecule has 6 rings (SSSR count). The van der Waals surface area contributed by atoms with Crippen LogP contribution < -0.4 is 0 Å². The third-order valence-corrected chi connectivity index (χ3v) is 13.2. The number of piperidine rings is 1. The Labute approximate surface area is 346 Å². The number of aromatic nitrogens is 4. The molecule has 3 aromatic heterocycles. The van der Waals surface area contributed by atoms with Crippen LogP contribution in [0.2, 0.25) is 0 Å². The number of amides is 1. The largest absolute Gasteiger partial charge is 0.444 e. The summed E-state index contributed by atoms with van der Waals surface area (Å²) >= 11 is 0. The van der Waals surface area contributed by atoms with Crippen molar-refractivity contribution in [1.82, 2.24) is 29.3 Å². The van der Waals surface area contributed by atoms with Gasteiger partial charge in [0.2, 0.25) is 6.54 Å². The Balaban J connectivity index is 0.924. The van der Waals surface area contributed by atoms with Gasteiger partial charge in [-0.05, 0) is 56.6 Å². The fraction of sp³-hybridized carbons (Fsp3) is 0.689. The van der Waals surface area contributed by atoms with Crippen molar-refractivity contribution >= 4 is 22.9 Å². The molecule has 1 aliphatic carbocycles. The van der Waals surface area contributed by atoms with Crippen LogP contribution in [0, 0.1) is 23.7 Å². The summed E-state index contributed by atoms with van der Waals surface area (Å²) in [5, 5.41) is 0.961. The number of alkyl halides is 3. The van der Waals surface area contributed by atoms with Crippen molar-refractivity contribution in [2.24, 2.45) is 11.3 Å². The van der Waals surface area contributed by atoms with E-state index in [1.54, 1.807) is 6.33 Å². The lowest BCUT2D eigenvalue weighted by molar-refractivity contribution is -0.147. The van der Waals surface area contributed by atoms with Gasteiger partial charge in [-0.2, -0.15) is 13.2 Å². The van der Waals surface area contributed by atoms with Crippen molar-refractivity contribution in [3.63, 3.8) is 0 Å². The van der Waals surface area contributed by atoms with Crippen LogP contribution in [0.1, 0.15) is 157 Å². The predicted octanol–water partition coefficient (Wildman–Crippen LogP) is 10.4. The topological polar surface area (TPSA) is 97.8 Å². The highest BCUT2D eigenvalue weighted by Gasteiger charge is 2.55. The summed E-state index contributed by atoms with van der Waals surface area (Å²) in [5.74, 6) is -2.02. The molecule has 3 fully saturated rings. The van der Waals surface area contributed by atoms with Gasteiger partial charge in [0.25, 0.3) is 5.91 Å². The van der Waals surface area contributed by atoms with Crippen LogP contribution in [0.4, 0.5) is 17.6 Å². The molecular weight excluding hydrogens is 763 g/mol. The van der Waals surface area contributed by atoms with Gasteiger partial charge in [-0.1, -0.05) is 84.0 Å². The number of fused-ring (bicyclic) bond motifs is 1. The molecule has 2 atom stereocenters. The maximum atomic E-state index is 14.6. The molecule has 0 radical (unpaired) electrons. The number of pyridine rings is 1. The monoisotopic (exact) mass is 823 g/mol. The highest BCUT2D eigenvalue weighted by molar-refractivity contribution is 5.94. The lowest BCUT2D eigenvalue weighted by Crippen LogP contribution is -2.65. The zero-order valence-electron chi connectivity index (χ0n) is 34.7. The molecule has 3 aliphatic rings. The lowest BCUT2D eigenvalue weighted by Gasteiger charge is -2.55. The highest BCUT2D eigenvalue weighted by atomic mass is 19.4. The van der Waals surface area contributed by atoms with Gasteiger partial charge >= 0.3 is 12.1 Å². The molecule has 1 saturated carbocycles. The molecule has 3 aromatic rings. The first-order valence-electron chi connectivity index (χ1n) is 22.1. The van der Waals surface area contributed by atoms with Crippen molar-refractivity contribution < 1.29 is 31.9 Å². The fourth-order valence-electron chi connectivity index (χ4n) is 9.82. The number of hydrogen-bond acceptors (Lipinski definition) is 7. The van der Waals surface area contributed by atoms with E-state index in [2.05, 4.69) is 26.6 Å². The van der Waals surface area contributed by atoms with Crippen LogP contribution in [0.25, 0.3) is 15.9 Å². The van der Waals surface area contributed by atoms with Crippen LogP contribution in [0.5, 0.6) is 0 Å². The van der Waals surface area contributed by atoms with Gasteiger partial charge < -0.3 is 14.5 Å². The smallest absolute Gasteiger partial charge is 0.436 e. The quantitative estimate of drug-likeness (QED) is 0.0457. The number of ether oxygens (including phenoxy) is 1. The first-order chi connectivity index (χ1) is 28.5. The van der Waals surface area contributed by atoms with E-state index in [-0.39, 0.29) is 30.1 Å². The SMILES string of the molecule is [C-]#[N+]CC1(C2CCC(c3ncnc4c3ccn4COC(=O)CCCCCCCCCCCCCCC)C2)CN(C2CCN(C(=O)c3ccnc(C(F)(F)F)c3F)CC2)C1. The van der Waals surface area contributed by atoms with Crippen molar-refractivity contribution in [2.45, 2.75) is 154 Å². The Hall–Kier alpha value is -4.12. The summed E-state index contributed by atoms with van der Waals surface area (Å²) in [7, 11) is 0. The van der Waals surface area contributed by atoms with Crippen molar-refractivity contribution in [3.05, 3.63) is 65.0 Å². The van der Waals surface area contributed by atoms with Crippen molar-refractivity contribution in [3.8, 4) is 0 Å². The van der Waals surface area contributed by atoms with Crippen molar-refractivity contribution in [1.29, 1.82) is 0 Å². The summed E-state index contributed by atoms with van der Waals surface area (Å²) in [6.07, 6.45) is 20.2. The van der Waals surface area contributed by atoms with Crippen LogP contribution in [-0.4, -0.2) is 80.0 Å². The molecule has 322 valence electrons. The molecular formula is C45H61F4N7O3. The molecule has 2 unspecified atom stereocenters. The normalized spacial score (nSPS) is 19.8. The van der Waals surface area contributed by atoms with E-state index in [1.807, 2.05) is 16.8 Å². The van der Waals surface area contributed by atoms with Gasteiger partial charge in [-0.3, -0.25) is 19.1 Å². The number of carbonyl (C=O) groups is 2. The van der Waals surface area contributed by atoms with Crippen LogP contribution in [0.3, 0.4) is 0 Å². The summed E-state index contributed by atoms with van der Waals surface area (Å²) in [5.41, 5.74) is -0.696. The summed E-state index contributed by atoms with van der Waals surface area (Å²) in [6.45, 7) is 12.8. The molecule has 2 aliphatic heterocycles. The van der Waals surface area contributed by atoms with Gasteiger partial charge in [0, 0.05) is 62.3 Å². The Kier molecular flexibility index (Phi) is 15.7. The molecule has 0 aromatic carbocycles. The van der Waals surface area contributed by atoms with Gasteiger partial charge in [0.1, 0.15) is 12.0 Å². The summed E-state index contributed by atoms with van der Waals surface area (Å²) in [6, 6.07) is 3.18. The highest BCUT2D eigenvalue weighted by Crippen LogP contribution is 2.52. The minimum atomic E-state index is -4.99. The molecule has 14 heteroatoms. The van der Waals surface area contributed by atoms with E-state index < -0.39 is 29.2 Å². The molecule has 0 bridgehead atoms. The minimum absolute atomic E-state index is 0.112. The number of halogens is 4. The number of likely N-dealkylation sites (tertiary alicyclic amines) is 2. The number of unbranched alkanes of at least 4 members (excludes halogenated alkanes) is 12. The molecule has 1 amide bonds. The number of carbonyl (C=O) groups excluding carboxylic acids is 2. The maximum Gasteiger partial charge on any atom is 0.436 e. The second kappa shape index (κ2) is 20.9. The average molecular weight is 824 g/mol. The Morgan fingerprint density at radius 1 is 0.898 bits per heavy atom. The predicted molar refractivity (Wildman–Crippen MR) is 218 cm³/mol. The van der Waals surface area contributed by atoms with Gasteiger partial charge in [-0.15, -0.1) is 0 Å². The molecule has 0 spiro atoms. The first kappa shape index (κ1) is 44.4. The fourth-order valence-corrected chi connectivity index (χ4v) is 9.82. The van der Waals surface area contributed by atoms with E-state index >= 15 is 0 Å². The Morgan fingerprint density at radius 2 is 1.56 bits per heavy atom. The van der Waals surface area contributed by atoms with Crippen molar-refractivity contribution in [2.75, 3.05) is 32.7 Å². The zero-order valence-corrected chi connectivity index (χ0v) is 34.7. The molecule has 5 heterocycles. The maximum absolute atomic E-state index is 14.6. The van der Waals surface area contributed by atoms with Crippen LogP contribution in [-0.2, 0) is 22.4 Å². The number of esters is 1. The van der Waals surface area contributed by atoms with Crippen LogP contribution in [0.15, 0.2) is 30.9 Å². The molecule has 10 nitrogen and oxygen atoms in total. The summed E-state index contributed by atoms with van der Waals surface area (Å²) < 4.78 is 61.7. The third-order valence-electron chi connectivity index (χ3n) is 13.2. The van der Waals surface area contributed by atoms with E-state index in [9.17, 15) is 27.2 Å². The lowest BCUT2D eigenvalue weighted by atomic mass is 9.67. The summed E-state index contributed by atoms with van der Waals surface area (Å²) in [4.78, 5) is 45.7. The zero-order chi connectivity index (χ0) is 41.8. The average Bonchev–Trinajstić information content (AvgIpc) is 3.88. The molecule has 59 heavy (non-hydrogen) atoms. The first-order valence-corrected chi connectivity index (χ1v) is 22.1. The van der Waals surface area contributed by atoms with Gasteiger partial charge in [0.15, 0.2) is 18.2 Å². The number of hydrogen-bond donors (Lipinski definition) is 0.